The van der Waals surface area contributed by atoms with Gasteiger partial charge in [-0.2, -0.15) is 0 Å². The van der Waals surface area contributed by atoms with Crippen molar-refractivity contribution in [3.8, 4) is 5.75 Å². The van der Waals surface area contributed by atoms with Gasteiger partial charge < -0.3 is 20.9 Å². The van der Waals surface area contributed by atoms with Crippen LogP contribution in [0.2, 0.25) is 0 Å². The molecule has 0 atom stereocenters. The lowest BCUT2D eigenvalue weighted by atomic mass is 10.2. The lowest BCUT2D eigenvalue weighted by Crippen LogP contribution is -2.28. The van der Waals surface area contributed by atoms with Crippen molar-refractivity contribution in [3.05, 3.63) is 29.8 Å². The summed E-state index contributed by atoms with van der Waals surface area (Å²) in [7, 11) is 0. The van der Waals surface area contributed by atoms with Gasteiger partial charge in [0.05, 0.1) is 6.61 Å². The Morgan fingerprint density at radius 3 is 2.69 bits per heavy atom. The van der Waals surface area contributed by atoms with E-state index in [-0.39, 0.29) is 18.3 Å². The van der Waals surface area contributed by atoms with E-state index in [0.717, 1.165) is 5.56 Å². The van der Waals surface area contributed by atoms with E-state index >= 15 is 0 Å². The lowest BCUT2D eigenvalue weighted by Gasteiger charge is -2.05. The summed E-state index contributed by atoms with van der Waals surface area (Å²) in [6, 6.07) is 6.64. The van der Waals surface area contributed by atoms with Crippen molar-refractivity contribution >= 4 is 5.91 Å². The summed E-state index contributed by atoms with van der Waals surface area (Å²) in [6.07, 6.45) is 0. The number of phenols is 1. The second-order valence-electron chi connectivity index (χ2n) is 3.28. The Bertz CT molecular complexity index is 325. The van der Waals surface area contributed by atoms with Crippen molar-refractivity contribution in [2.45, 2.75) is 6.54 Å². The molecule has 4 N–H and O–H groups in total. The van der Waals surface area contributed by atoms with Gasteiger partial charge in [0.1, 0.15) is 12.4 Å². The van der Waals surface area contributed by atoms with Crippen LogP contribution in [-0.2, 0) is 16.1 Å². The van der Waals surface area contributed by atoms with Crippen LogP contribution in [0.5, 0.6) is 5.75 Å². The summed E-state index contributed by atoms with van der Waals surface area (Å²) >= 11 is 0. The number of benzene rings is 1. The van der Waals surface area contributed by atoms with E-state index in [2.05, 4.69) is 5.32 Å². The Kier molecular flexibility index (Phi) is 5.31. The molecule has 0 heterocycles. The molecule has 0 saturated heterocycles. The van der Waals surface area contributed by atoms with Crippen molar-refractivity contribution in [1.29, 1.82) is 0 Å². The molecule has 0 unspecified atom stereocenters. The van der Waals surface area contributed by atoms with Crippen LogP contribution >= 0.6 is 0 Å². The average Bonchev–Trinajstić information content (AvgIpc) is 2.29. The van der Waals surface area contributed by atoms with Gasteiger partial charge in [0.25, 0.3) is 0 Å². The highest BCUT2D eigenvalue weighted by molar-refractivity contribution is 5.77. The van der Waals surface area contributed by atoms with Crippen molar-refractivity contribution < 1.29 is 14.6 Å². The van der Waals surface area contributed by atoms with Gasteiger partial charge in [-0.3, -0.25) is 4.79 Å². The molecule has 1 rings (SSSR count). The molecule has 0 aliphatic rings. The van der Waals surface area contributed by atoms with Gasteiger partial charge in [-0.15, -0.1) is 0 Å². The normalized spacial score (nSPS) is 10.1. The molecule has 5 nitrogen and oxygen atoms in total. The summed E-state index contributed by atoms with van der Waals surface area (Å²) in [4.78, 5) is 11.2. The van der Waals surface area contributed by atoms with Crippen LogP contribution in [-0.4, -0.2) is 30.8 Å². The van der Waals surface area contributed by atoms with E-state index in [1.807, 2.05) is 0 Å². The number of phenolic OH excluding ortho intramolecular Hbond substituents is 1. The van der Waals surface area contributed by atoms with E-state index in [1.54, 1.807) is 24.3 Å². The fourth-order valence-corrected chi connectivity index (χ4v) is 1.11. The van der Waals surface area contributed by atoms with E-state index in [1.165, 1.54) is 0 Å². The largest absolute Gasteiger partial charge is 0.508 e. The summed E-state index contributed by atoms with van der Waals surface area (Å²) in [5, 5.41) is 11.7. The highest BCUT2D eigenvalue weighted by Crippen LogP contribution is 2.08. The molecule has 0 aliphatic heterocycles. The summed E-state index contributed by atoms with van der Waals surface area (Å²) in [5.74, 6) is 0.0304. The number of hydrogen-bond donors (Lipinski definition) is 3. The Hall–Kier alpha value is -1.59. The maximum Gasteiger partial charge on any atom is 0.246 e. The summed E-state index contributed by atoms with van der Waals surface area (Å²) in [6.45, 7) is 1.23. The molecule has 5 heteroatoms. The molecule has 1 amide bonds. The predicted octanol–water partition coefficient (Wildman–Crippen LogP) is -0.0163. The topological polar surface area (TPSA) is 84.6 Å². The third-order valence-electron chi connectivity index (χ3n) is 1.92. The first kappa shape index (κ1) is 12.5. The Morgan fingerprint density at radius 1 is 1.38 bits per heavy atom. The molecule has 0 saturated carbocycles. The molecule has 1 aromatic carbocycles. The second-order valence-corrected chi connectivity index (χ2v) is 3.28. The number of rotatable bonds is 6. The standard InChI is InChI=1S/C11H16N2O3/c12-5-6-16-8-11(15)13-7-9-1-3-10(14)4-2-9/h1-4,14H,5-8,12H2,(H,13,15). The predicted molar refractivity (Wildman–Crippen MR) is 59.8 cm³/mol. The zero-order chi connectivity index (χ0) is 11.8. The average molecular weight is 224 g/mol. The van der Waals surface area contributed by atoms with Crippen LogP contribution in [0.15, 0.2) is 24.3 Å². The first-order valence-electron chi connectivity index (χ1n) is 5.05. The number of hydrogen-bond acceptors (Lipinski definition) is 4. The zero-order valence-electron chi connectivity index (χ0n) is 8.98. The number of ether oxygens (including phenoxy) is 1. The number of nitrogens with one attached hydrogen (secondary N) is 1. The number of amides is 1. The maximum absolute atomic E-state index is 11.2. The Labute approximate surface area is 94.2 Å². The summed E-state index contributed by atoms with van der Waals surface area (Å²) in [5.41, 5.74) is 6.13. The molecule has 88 valence electrons. The molecule has 1 aromatic rings. The number of carbonyl (C=O) groups excluding carboxylic acids is 1. The van der Waals surface area contributed by atoms with Crippen LogP contribution in [0.3, 0.4) is 0 Å². The Morgan fingerprint density at radius 2 is 2.06 bits per heavy atom. The molecule has 0 spiro atoms. The minimum Gasteiger partial charge on any atom is -0.508 e. The Balaban J connectivity index is 2.23. The quantitative estimate of drug-likeness (QED) is 0.593. The van der Waals surface area contributed by atoms with Gasteiger partial charge >= 0.3 is 0 Å². The van der Waals surface area contributed by atoms with Gasteiger partial charge in [0.2, 0.25) is 5.91 Å². The SMILES string of the molecule is NCCOCC(=O)NCc1ccc(O)cc1. The third-order valence-corrected chi connectivity index (χ3v) is 1.92. The fourth-order valence-electron chi connectivity index (χ4n) is 1.11. The van der Waals surface area contributed by atoms with E-state index < -0.39 is 0 Å². The van der Waals surface area contributed by atoms with Crippen LogP contribution < -0.4 is 11.1 Å². The van der Waals surface area contributed by atoms with E-state index in [0.29, 0.717) is 19.7 Å². The van der Waals surface area contributed by atoms with Gasteiger partial charge in [-0.25, -0.2) is 0 Å². The molecule has 0 aromatic heterocycles. The van der Waals surface area contributed by atoms with Crippen LogP contribution in [0.1, 0.15) is 5.56 Å². The van der Waals surface area contributed by atoms with Crippen LogP contribution in [0, 0.1) is 0 Å². The molecule has 0 aliphatic carbocycles. The van der Waals surface area contributed by atoms with Crippen LogP contribution in [0.4, 0.5) is 0 Å². The first-order chi connectivity index (χ1) is 7.72. The lowest BCUT2D eigenvalue weighted by molar-refractivity contribution is -0.125. The number of carbonyl (C=O) groups is 1. The molecule has 16 heavy (non-hydrogen) atoms. The van der Waals surface area contributed by atoms with Crippen molar-refractivity contribution in [2.75, 3.05) is 19.8 Å². The highest BCUT2D eigenvalue weighted by atomic mass is 16.5. The van der Waals surface area contributed by atoms with Gasteiger partial charge in [-0.1, -0.05) is 12.1 Å². The fraction of sp³-hybridized carbons (Fsp3) is 0.364. The molecule has 0 bridgehead atoms. The molecular weight excluding hydrogens is 208 g/mol. The minimum atomic E-state index is -0.179. The van der Waals surface area contributed by atoms with Gasteiger partial charge in [-0.05, 0) is 17.7 Å². The number of aromatic hydroxyl groups is 1. The van der Waals surface area contributed by atoms with E-state index in [9.17, 15) is 4.79 Å². The van der Waals surface area contributed by atoms with Crippen molar-refractivity contribution in [2.24, 2.45) is 5.73 Å². The summed E-state index contributed by atoms with van der Waals surface area (Å²) < 4.78 is 4.98. The molecular formula is C11H16N2O3. The van der Waals surface area contributed by atoms with Crippen LogP contribution in [0.25, 0.3) is 0 Å². The minimum absolute atomic E-state index is 0.0231. The zero-order valence-corrected chi connectivity index (χ0v) is 8.98. The van der Waals surface area contributed by atoms with Gasteiger partial charge in [0, 0.05) is 13.1 Å². The molecule has 0 radical (unpaired) electrons. The van der Waals surface area contributed by atoms with E-state index in [4.69, 9.17) is 15.6 Å². The van der Waals surface area contributed by atoms with Crippen molar-refractivity contribution in [1.82, 2.24) is 5.32 Å². The smallest absolute Gasteiger partial charge is 0.246 e. The second kappa shape index (κ2) is 6.81. The molecule has 0 fully saturated rings. The highest BCUT2D eigenvalue weighted by Gasteiger charge is 2.00. The maximum atomic E-state index is 11.2. The van der Waals surface area contributed by atoms with Crippen molar-refractivity contribution in [3.63, 3.8) is 0 Å². The van der Waals surface area contributed by atoms with Gasteiger partial charge in [0.15, 0.2) is 0 Å². The first-order valence-corrected chi connectivity index (χ1v) is 5.05. The number of nitrogens with two attached hydrogens (primary N) is 1. The third kappa shape index (κ3) is 4.77. The monoisotopic (exact) mass is 224 g/mol.